The van der Waals surface area contributed by atoms with Crippen molar-refractivity contribution in [1.82, 2.24) is 11.4 Å². The fourth-order valence-corrected chi connectivity index (χ4v) is 1.36. The average Bonchev–Trinajstić information content (AvgIpc) is 2.52. The molecule has 2 rings (SSSR count). The number of halogens is 1. The minimum atomic E-state index is -0.458. The molecule has 0 atom stereocenters. The lowest BCUT2D eigenvalue weighted by Gasteiger charge is -1.95. The maximum atomic E-state index is 10.7. The van der Waals surface area contributed by atoms with E-state index < -0.39 is 5.63 Å². The fraction of sp³-hybridized carbons (Fsp3) is 0. The molecule has 0 bridgehead atoms. The standard InChI is InChI=1S/C8H5BrN2O2.N/c9-6-2-1-3-7(4-6)11-5-8(12)13-10-11;/h1-5H;. The van der Waals surface area contributed by atoms with Gasteiger partial charge in [0, 0.05) is 22.8 Å². The Bertz CT molecular complexity index is 477. The molecule has 0 aliphatic rings. The zero-order valence-corrected chi connectivity index (χ0v) is 8.51. The molecule has 5 nitrogen and oxygen atoms in total. The molecule has 71 valence electrons. The van der Waals surface area contributed by atoms with Crippen LogP contribution in [-0.4, -0.2) is 0 Å². The monoisotopic (exact) mass is 254 g/mol. The van der Waals surface area contributed by atoms with Crippen molar-refractivity contribution < 1.29 is 9.20 Å². The molecule has 1 heterocycles. The van der Waals surface area contributed by atoms with Crippen LogP contribution in [0.5, 0.6) is 0 Å². The van der Waals surface area contributed by atoms with Crippen LogP contribution in [0.1, 0.15) is 0 Å². The highest BCUT2D eigenvalue weighted by atomic mass is 79.9. The lowest BCUT2D eigenvalue weighted by atomic mass is 10.3. The fourth-order valence-electron chi connectivity index (χ4n) is 0.972. The van der Waals surface area contributed by atoms with Gasteiger partial charge in [-0.1, -0.05) is 22.0 Å². The first kappa shape index (κ1) is 10.7. The molecule has 3 radical (unpaired) electrons. The van der Waals surface area contributed by atoms with Gasteiger partial charge in [-0.15, -0.1) is 0 Å². The molecule has 0 saturated carbocycles. The lowest BCUT2D eigenvalue weighted by molar-refractivity contribution is -0.676. The van der Waals surface area contributed by atoms with Gasteiger partial charge < -0.3 is 4.52 Å². The molecule has 0 aliphatic heterocycles. The van der Waals surface area contributed by atoms with E-state index in [4.69, 9.17) is 0 Å². The van der Waals surface area contributed by atoms with E-state index in [1.165, 1.54) is 10.9 Å². The number of hydrogen-bond acceptors (Lipinski definition) is 2. The molecular weight excluding hydrogens is 250 g/mol. The molecule has 2 aromatic rings. The summed E-state index contributed by atoms with van der Waals surface area (Å²) in [5, 5.41) is 3.54. The minimum absolute atomic E-state index is 0. The third-order valence-electron chi connectivity index (χ3n) is 1.52. The summed E-state index contributed by atoms with van der Waals surface area (Å²) >= 11 is 3.32. The predicted octanol–water partition coefficient (Wildman–Crippen LogP) is 0.156. The van der Waals surface area contributed by atoms with Crippen LogP contribution in [-0.2, 0) is 0 Å². The second-order valence-electron chi connectivity index (χ2n) is 2.45. The smallest absolute Gasteiger partial charge is 0.389 e. The van der Waals surface area contributed by atoms with Gasteiger partial charge in [0.05, 0.1) is 0 Å². The van der Waals surface area contributed by atoms with Crippen molar-refractivity contribution in [2.24, 2.45) is 0 Å². The summed E-state index contributed by atoms with van der Waals surface area (Å²) in [6.45, 7) is 0. The predicted molar refractivity (Wildman–Crippen MR) is 49.7 cm³/mol. The van der Waals surface area contributed by atoms with Gasteiger partial charge in [0.25, 0.3) is 6.20 Å². The second kappa shape index (κ2) is 4.21. The van der Waals surface area contributed by atoms with Crippen molar-refractivity contribution in [2.45, 2.75) is 0 Å². The Morgan fingerprint density at radius 2 is 2.21 bits per heavy atom. The topological polar surface area (TPSA) is 78.7 Å². The van der Waals surface area contributed by atoms with Gasteiger partial charge in [0.15, 0.2) is 0 Å². The van der Waals surface area contributed by atoms with E-state index in [0.29, 0.717) is 0 Å². The van der Waals surface area contributed by atoms with E-state index >= 15 is 0 Å². The van der Waals surface area contributed by atoms with Gasteiger partial charge in [-0.3, -0.25) is 0 Å². The molecule has 6 heteroatoms. The van der Waals surface area contributed by atoms with Gasteiger partial charge in [-0.2, -0.15) is 0 Å². The molecule has 0 saturated heterocycles. The van der Waals surface area contributed by atoms with E-state index in [1.807, 2.05) is 24.3 Å². The molecule has 0 spiro atoms. The SMILES string of the molecule is O=c1c[n+](-c2cccc(Br)c2)[n-]o1.[N]. The van der Waals surface area contributed by atoms with Gasteiger partial charge in [-0.05, 0) is 6.07 Å². The van der Waals surface area contributed by atoms with Crippen molar-refractivity contribution in [3.05, 3.63) is 45.4 Å². The van der Waals surface area contributed by atoms with E-state index in [-0.39, 0.29) is 6.15 Å². The largest absolute Gasteiger partial charge is 0.471 e. The van der Waals surface area contributed by atoms with Gasteiger partial charge in [0.1, 0.15) is 0 Å². The van der Waals surface area contributed by atoms with Crippen molar-refractivity contribution in [1.29, 1.82) is 0 Å². The third-order valence-corrected chi connectivity index (χ3v) is 2.01. The van der Waals surface area contributed by atoms with E-state index in [2.05, 4.69) is 25.7 Å². The van der Waals surface area contributed by atoms with Gasteiger partial charge in [-0.25, -0.2) is 14.7 Å². The van der Waals surface area contributed by atoms with E-state index in [9.17, 15) is 4.79 Å². The number of hydrogen-bond donors (Lipinski definition) is 0. The van der Waals surface area contributed by atoms with Crippen LogP contribution in [0.25, 0.3) is 5.69 Å². The summed E-state index contributed by atoms with van der Waals surface area (Å²) in [6.07, 6.45) is 1.28. The third kappa shape index (κ3) is 2.09. The first-order chi connectivity index (χ1) is 6.25. The summed E-state index contributed by atoms with van der Waals surface area (Å²) in [5.41, 5.74) is 0.320. The Labute approximate surface area is 88.0 Å². The molecule has 1 aromatic carbocycles. The van der Waals surface area contributed by atoms with Crippen molar-refractivity contribution in [3.8, 4) is 5.69 Å². The Balaban J connectivity index is 0.000000980. The molecule has 1 aromatic heterocycles. The number of nitrogens with zero attached hydrogens (tertiary/aromatic N) is 3. The molecule has 0 aliphatic carbocycles. The summed E-state index contributed by atoms with van der Waals surface area (Å²) in [7, 11) is 0. The van der Waals surface area contributed by atoms with Crippen LogP contribution in [0.2, 0.25) is 0 Å². The van der Waals surface area contributed by atoms with Gasteiger partial charge in [0.2, 0.25) is 5.69 Å². The Hall–Kier alpha value is -1.40. The number of rotatable bonds is 1. The molecule has 0 fully saturated rings. The number of benzene rings is 1. The highest BCUT2D eigenvalue weighted by Crippen LogP contribution is 2.10. The second-order valence-corrected chi connectivity index (χ2v) is 3.36. The highest BCUT2D eigenvalue weighted by molar-refractivity contribution is 9.10. The summed E-state index contributed by atoms with van der Waals surface area (Å²) < 4.78 is 6.71. The minimum Gasteiger partial charge on any atom is -0.471 e. The average molecular weight is 255 g/mol. The Morgan fingerprint density at radius 1 is 1.43 bits per heavy atom. The maximum absolute atomic E-state index is 10.7. The molecular formula is C8H5BrN3O2. The molecule has 0 unspecified atom stereocenters. The van der Waals surface area contributed by atoms with Crippen molar-refractivity contribution in [3.63, 3.8) is 0 Å². The lowest BCUT2D eigenvalue weighted by Crippen LogP contribution is -2.33. The maximum Gasteiger partial charge on any atom is 0.389 e. The van der Waals surface area contributed by atoms with E-state index in [1.54, 1.807) is 0 Å². The zero-order valence-electron chi connectivity index (χ0n) is 6.92. The van der Waals surface area contributed by atoms with Crippen LogP contribution < -0.4 is 21.7 Å². The summed E-state index contributed by atoms with van der Waals surface area (Å²) in [6, 6.07) is 7.41. The van der Waals surface area contributed by atoms with Crippen LogP contribution in [0.15, 0.2) is 44.3 Å². The normalized spacial score (nSPS) is 9.50. The first-order valence-corrected chi connectivity index (χ1v) is 4.36. The Morgan fingerprint density at radius 3 is 2.79 bits per heavy atom. The van der Waals surface area contributed by atoms with Crippen LogP contribution >= 0.6 is 15.9 Å². The Kier molecular flexibility index (Phi) is 3.21. The van der Waals surface area contributed by atoms with Crippen molar-refractivity contribution >= 4 is 15.9 Å². The van der Waals surface area contributed by atoms with Crippen LogP contribution in [0.4, 0.5) is 0 Å². The van der Waals surface area contributed by atoms with Crippen molar-refractivity contribution in [2.75, 3.05) is 0 Å². The molecule has 0 N–H and O–H groups in total. The number of aromatic nitrogens is 2. The highest BCUT2D eigenvalue weighted by Gasteiger charge is 2.02. The zero-order chi connectivity index (χ0) is 9.26. The summed E-state index contributed by atoms with van der Waals surface area (Å²) in [4.78, 5) is 10.7. The van der Waals surface area contributed by atoms with E-state index in [0.717, 1.165) is 10.2 Å². The summed E-state index contributed by atoms with van der Waals surface area (Å²) in [5.74, 6) is 0. The molecule has 0 amide bonds. The van der Waals surface area contributed by atoms with Gasteiger partial charge >= 0.3 is 5.63 Å². The molecule has 14 heavy (non-hydrogen) atoms. The van der Waals surface area contributed by atoms with Crippen LogP contribution in [0.3, 0.4) is 0 Å². The first-order valence-electron chi connectivity index (χ1n) is 3.57. The quantitative estimate of drug-likeness (QED) is 0.680. The van der Waals surface area contributed by atoms with Crippen LogP contribution in [0, 0.1) is 0 Å².